The Hall–Kier alpha value is 0.170. The SMILES string of the molecule is Cl.NCc1cnc(Cl)s1. The predicted molar refractivity (Wildman–Crippen MR) is 42.3 cm³/mol. The Balaban J connectivity index is 0.000000640. The molecular weight excluding hydrogens is 179 g/mol. The van der Waals surface area contributed by atoms with Gasteiger partial charge in [-0.25, -0.2) is 4.98 Å². The number of nitrogens with two attached hydrogens (primary N) is 1. The molecule has 0 fully saturated rings. The standard InChI is InChI=1S/C4H5ClN2S.ClH/c5-4-7-2-3(1-6)8-4;/h2H,1,6H2;1H. The van der Waals surface area contributed by atoms with E-state index in [1.165, 1.54) is 11.3 Å². The normalized spacial score (nSPS) is 8.67. The second-order valence-corrected chi connectivity index (χ2v) is 2.98. The molecule has 1 rings (SSSR count). The smallest absolute Gasteiger partial charge is 0.183 e. The van der Waals surface area contributed by atoms with Gasteiger partial charge in [-0.1, -0.05) is 11.6 Å². The van der Waals surface area contributed by atoms with Gasteiger partial charge in [-0.15, -0.1) is 23.7 Å². The minimum Gasteiger partial charge on any atom is -0.326 e. The van der Waals surface area contributed by atoms with Gasteiger partial charge in [0, 0.05) is 17.6 Å². The van der Waals surface area contributed by atoms with Crippen LogP contribution in [0.2, 0.25) is 4.47 Å². The Morgan fingerprint density at radius 2 is 2.44 bits per heavy atom. The zero-order valence-corrected chi connectivity index (χ0v) is 6.89. The molecule has 0 aliphatic rings. The van der Waals surface area contributed by atoms with Crippen molar-refractivity contribution in [2.75, 3.05) is 0 Å². The van der Waals surface area contributed by atoms with Gasteiger partial charge in [-0.2, -0.15) is 0 Å². The molecule has 0 atom stereocenters. The Bertz CT molecular complexity index is 177. The minimum absolute atomic E-state index is 0. The van der Waals surface area contributed by atoms with Gasteiger partial charge in [-0.3, -0.25) is 0 Å². The van der Waals surface area contributed by atoms with E-state index in [1.54, 1.807) is 6.20 Å². The summed E-state index contributed by atoms with van der Waals surface area (Å²) in [5.41, 5.74) is 5.27. The van der Waals surface area contributed by atoms with Crippen molar-refractivity contribution in [2.24, 2.45) is 5.73 Å². The molecule has 2 nitrogen and oxygen atoms in total. The number of aromatic nitrogens is 1. The summed E-state index contributed by atoms with van der Waals surface area (Å²) >= 11 is 6.91. The second kappa shape index (κ2) is 4.06. The summed E-state index contributed by atoms with van der Waals surface area (Å²) in [5.74, 6) is 0. The first-order chi connectivity index (χ1) is 3.83. The molecule has 0 spiro atoms. The van der Waals surface area contributed by atoms with Crippen LogP contribution in [-0.2, 0) is 6.54 Å². The fourth-order valence-corrected chi connectivity index (χ4v) is 1.23. The Kier molecular flexibility index (Phi) is 4.14. The quantitative estimate of drug-likeness (QED) is 0.722. The highest BCUT2D eigenvalue weighted by Gasteiger charge is 1.93. The van der Waals surface area contributed by atoms with Crippen LogP contribution in [-0.4, -0.2) is 4.98 Å². The highest BCUT2D eigenvalue weighted by molar-refractivity contribution is 7.15. The van der Waals surface area contributed by atoms with Gasteiger partial charge in [0.25, 0.3) is 0 Å². The topological polar surface area (TPSA) is 38.9 Å². The molecule has 0 saturated carbocycles. The van der Waals surface area contributed by atoms with Crippen LogP contribution < -0.4 is 5.73 Å². The van der Waals surface area contributed by atoms with E-state index in [4.69, 9.17) is 17.3 Å². The maximum absolute atomic E-state index is 5.49. The van der Waals surface area contributed by atoms with Crippen molar-refractivity contribution < 1.29 is 0 Å². The molecular formula is C4H6Cl2N2S. The Labute approximate surface area is 68.5 Å². The van der Waals surface area contributed by atoms with E-state index in [0.29, 0.717) is 11.0 Å². The third kappa shape index (κ3) is 2.49. The zero-order chi connectivity index (χ0) is 5.98. The molecule has 2 N–H and O–H groups in total. The van der Waals surface area contributed by atoms with Crippen molar-refractivity contribution in [3.63, 3.8) is 0 Å². The zero-order valence-electron chi connectivity index (χ0n) is 4.50. The van der Waals surface area contributed by atoms with Crippen LogP contribution in [0.3, 0.4) is 0 Å². The van der Waals surface area contributed by atoms with Crippen molar-refractivity contribution in [2.45, 2.75) is 6.54 Å². The lowest BCUT2D eigenvalue weighted by molar-refractivity contribution is 1.10. The molecule has 1 heterocycles. The first-order valence-electron chi connectivity index (χ1n) is 2.13. The van der Waals surface area contributed by atoms with Crippen LogP contribution in [0.15, 0.2) is 6.20 Å². The number of hydrogen-bond donors (Lipinski definition) is 1. The third-order valence-electron chi connectivity index (χ3n) is 0.727. The van der Waals surface area contributed by atoms with Gasteiger partial charge in [0.1, 0.15) is 0 Å². The largest absolute Gasteiger partial charge is 0.326 e. The lowest BCUT2D eigenvalue weighted by atomic mass is 10.6. The first kappa shape index (κ1) is 9.17. The predicted octanol–water partition coefficient (Wildman–Crippen LogP) is 1.68. The highest BCUT2D eigenvalue weighted by atomic mass is 35.5. The molecule has 0 bridgehead atoms. The summed E-state index contributed by atoms with van der Waals surface area (Å²) in [6.45, 7) is 0.532. The summed E-state index contributed by atoms with van der Waals surface area (Å²) < 4.78 is 0.561. The molecule has 1 aromatic rings. The maximum Gasteiger partial charge on any atom is 0.183 e. The number of hydrogen-bond acceptors (Lipinski definition) is 3. The summed E-state index contributed by atoms with van der Waals surface area (Å²) in [7, 11) is 0. The van der Waals surface area contributed by atoms with E-state index in [9.17, 15) is 0 Å². The van der Waals surface area contributed by atoms with Gasteiger partial charge in [0.2, 0.25) is 0 Å². The average molecular weight is 185 g/mol. The van der Waals surface area contributed by atoms with Crippen molar-refractivity contribution >= 4 is 35.3 Å². The molecule has 0 unspecified atom stereocenters. The van der Waals surface area contributed by atoms with E-state index in [-0.39, 0.29) is 12.4 Å². The summed E-state index contributed by atoms with van der Waals surface area (Å²) in [6.07, 6.45) is 1.69. The Morgan fingerprint density at radius 1 is 1.78 bits per heavy atom. The van der Waals surface area contributed by atoms with Crippen LogP contribution in [0, 0.1) is 0 Å². The van der Waals surface area contributed by atoms with Gasteiger partial charge in [0.05, 0.1) is 0 Å². The minimum atomic E-state index is 0. The van der Waals surface area contributed by atoms with Crippen molar-refractivity contribution in [3.05, 3.63) is 15.5 Å². The molecule has 0 saturated heterocycles. The Morgan fingerprint density at radius 3 is 2.67 bits per heavy atom. The van der Waals surface area contributed by atoms with E-state index in [2.05, 4.69) is 4.98 Å². The van der Waals surface area contributed by atoms with E-state index >= 15 is 0 Å². The van der Waals surface area contributed by atoms with Crippen LogP contribution >= 0.6 is 35.3 Å². The lowest BCUT2D eigenvalue weighted by Gasteiger charge is -1.78. The van der Waals surface area contributed by atoms with E-state index < -0.39 is 0 Å². The van der Waals surface area contributed by atoms with Crippen LogP contribution in [0.4, 0.5) is 0 Å². The molecule has 0 radical (unpaired) electrons. The molecule has 1 aromatic heterocycles. The summed E-state index contributed by atoms with van der Waals surface area (Å²) in [5, 5.41) is 0. The third-order valence-corrected chi connectivity index (χ3v) is 1.86. The number of nitrogens with zero attached hydrogens (tertiary/aromatic N) is 1. The van der Waals surface area contributed by atoms with Gasteiger partial charge >= 0.3 is 0 Å². The number of rotatable bonds is 1. The molecule has 52 valence electrons. The molecule has 9 heavy (non-hydrogen) atoms. The van der Waals surface area contributed by atoms with Crippen molar-refractivity contribution in [1.82, 2.24) is 4.98 Å². The summed E-state index contributed by atoms with van der Waals surface area (Å²) in [6, 6.07) is 0. The van der Waals surface area contributed by atoms with E-state index in [0.717, 1.165) is 4.88 Å². The van der Waals surface area contributed by atoms with Crippen LogP contribution in [0.5, 0.6) is 0 Å². The highest BCUT2D eigenvalue weighted by Crippen LogP contribution is 2.16. The van der Waals surface area contributed by atoms with Gasteiger partial charge < -0.3 is 5.73 Å². The van der Waals surface area contributed by atoms with Crippen LogP contribution in [0.25, 0.3) is 0 Å². The fourth-order valence-electron chi connectivity index (χ4n) is 0.378. The molecule has 0 aromatic carbocycles. The molecule has 0 aliphatic carbocycles. The molecule has 0 aliphatic heterocycles. The van der Waals surface area contributed by atoms with Crippen molar-refractivity contribution in [3.8, 4) is 0 Å². The van der Waals surface area contributed by atoms with Crippen molar-refractivity contribution in [1.29, 1.82) is 0 Å². The number of thiazole rings is 1. The average Bonchev–Trinajstić information content (AvgIpc) is 2.14. The molecule has 5 heteroatoms. The van der Waals surface area contributed by atoms with Crippen LogP contribution in [0.1, 0.15) is 4.88 Å². The monoisotopic (exact) mass is 184 g/mol. The second-order valence-electron chi connectivity index (χ2n) is 1.28. The van der Waals surface area contributed by atoms with E-state index in [1.807, 2.05) is 0 Å². The first-order valence-corrected chi connectivity index (χ1v) is 3.32. The molecule has 0 amide bonds. The number of halogens is 2. The lowest BCUT2D eigenvalue weighted by Crippen LogP contribution is -1.91. The van der Waals surface area contributed by atoms with Gasteiger partial charge in [-0.05, 0) is 0 Å². The fraction of sp³-hybridized carbons (Fsp3) is 0.250. The van der Waals surface area contributed by atoms with Gasteiger partial charge in [0.15, 0.2) is 4.47 Å². The maximum atomic E-state index is 5.49. The summed E-state index contributed by atoms with van der Waals surface area (Å²) in [4.78, 5) is 4.81.